The topological polar surface area (TPSA) is 59.7 Å². The second-order valence-electron chi connectivity index (χ2n) is 5.05. The summed E-state index contributed by atoms with van der Waals surface area (Å²) in [6, 6.07) is 2.45. The summed E-state index contributed by atoms with van der Waals surface area (Å²) in [7, 11) is 0. The minimum atomic E-state index is 0.449. The van der Waals surface area contributed by atoms with Crippen molar-refractivity contribution in [2.24, 2.45) is 0 Å². The van der Waals surface area contributed by atoms with Crippen LogP contribution >= 0.6 is 0 Å². The molecule has 0 N–H and O–H groups in total. The average Bonchev–Trinajstić information content (AvgIpc) is 2.91. The predicted octanol–water partition coefficient (Wildman–Crippen LogP) is 1.53. The Bertz CT molecular complexity index is 522. The van der Waals surface area contributed by atoms with Crippen molar-refractivity contribution in [3.05, 3.63) is 29.8 Å². The molecule has 1 aliphatic heterocycles. The molecule has 1 saturated heterocycles. The SMILES string of the molecule is Cc1cc(C)nc(N2CCC(n3ccnn3)CC2)n1. The van der Waals surface area contributed by atoms with E-state index in [1.807, 2.05) is 30.8 Å². The van der Waals surface area contributed by atoms with Crippen LogP contribution in [0, 0.1) is 13.8 Å². The molecule has 6 heteroatoms. The number of hydrogen-bond acceptors (Lipinski definition) is 5. The molecule has 0 atom stereocenters. The normalized spacial score (nSPS) is 16.8. The fourth-order valence-corrected chi connectivity index (χ4v) is 2.59. The van der Waals surface area contributed by atoms with Crippen LogP contribution < -0.4 is 4.90 Å². The van der Waals surface area contributed by atoms with E-state index in [0.29, 0.717) is 6.04 Å². The first-order valence-corrected chi connectivity index (χ1v) is 6.65. The molecule has 0 radical (unpaired) electrons. The van der Waals surface area contributed by atoms with Gasteiger partial charge in [-0.05, 0) is 32.8 Å². The van der Waals surface area contributed by atoms with Gasteiger partial charge >= 0.3 is 0 Å². The lowest BCUT2D eigenvalue weighted by Crippen LogP contribution is -2.36. The second-order valence-corrected chi connectivity index (χ2v) is 5.05. The quantitative estimate of drug-likeness (QED) is 0.817. The molecule has 0 unspecified atom stereocenters. The molecule has 6 nitrogen and oxygen atoms in total. The van der Waals surface area contributed by atoms with Crippen LogP contribution in [0.5, 0.6) is 0 Å². The highest BCUT2D eigenvalue weighted by atomic mass is 15.4. The molecule has 1 fully saturated rings. The van der Waals surface area contributed by atoms with Gasteiger partial charge in [-0.15, -0.1) is 5.10 Å². The molecular weight excluding hydrogens is 240 g/mol. The lowest BCUT2D eigenvalue weighted by molar-refractivity contribution is 0.358. The second kappa shape index (κ2) is 4.95. The first kappa shape index (κ1) is 12.1. The van der Waals surface area contributed by atoms with E-state index >= 15 is 0 Å². The molecule has 2 aromatic rings. The molecule has 3 rings (SSSR count). The third-order valence-corrected chi connectivity index (χ3v) is 3.53. The highest BCUT2D eigenvalue weighted by Gasteiger charge is 2.22. The van der Waals surface area contributed by atoms with E-state index in [4.69, 9.17) is 0 Å². The van der Waals surface area contributed by atoms with Crippen molar-refractivity contribution in [3.63, 3.8) is 0 Å². The summed E-state index contributed by atoms with van der Waals surface area (Å²) in [5.41, 5.74) is 2.06. The largest absolute Gasteiger partial charge is 0.341 e. The van der Waals surface area contributed by atoms with E-state index in [0.717, 1.165) is 43.3 Å². The van der Waals surface area contributed by atoms with Gasteiger partial charge in [0.25, 0.3) is 0 Å². The van der Waals surface area contributed by atoms with Gasteiger partial charge in [0, 0.05) is 30.7 Å². The highest BCUT2D eigenvalue weighted by molar-refractivity contribution is 5.32. The van der Waals surface area contributed by atoms with Gasteiger partial charge in [0.2, 0.25) is 5.95 Å². The van der Waals surface area contributed by atoms with E-state index in [-0.39, 0.29) is 0 Å². The number of nitrogens with zero attached hydrogens (tertiary/aromatic N) is 6. The van der Waals surface area contributed by atoms with Gasteiger partial charge < -0.3 is 4.90 Å². The first-order chi connectivity index (χ1) is 9.22. The Labute approximate surface area is 112 Å². The van der Waals surface area contributed by atoms with Crippen molar-refractivity contribution in [1.29, 1.82) is 0 Å². The van der Waals surface area contributed by atoms with Crippen molar-refractivity contribution < 1.29 is 0 Å². The van der Waals surface area contributed by atoms with Gasteiger partial charge in [0.1, 0.15) is 0 Å². The van der Waals surface area contributed by atoms with Crippen molar-refractivity contribution in [1.82, 2.24) is 25.0 Å². The molecule has 100 valence electrons. The van der Waals surface area contributed by atoms with E-state index in [9.17, 15) is 0 Å². The molecule has 0 aliphatic carbocycles. The molecular formula is C13H18N6. The Morgan fingerprint density at radius 3 is 2.37 bits per heavy atom. The van der Waals surface area contributed by atoms with Crippen LogP contribution in [0.2, 0.25) is 0 Å². The molecule has 0 saturated carbocycles. The molecule has 0 bridgehead atoms. The first-order valence-electron chi connectivity index (χ1n) is 6.65. The molecule has 19 heavy (non-hydrogen) atoms. The maximum Gasteiger partial charge on any atom is 0.225 e. The molecule has 0 aromatic carbocycles. The average molecular weight is 258 g/mol. The van der Waals surface area contributed by atoms with Crippen molar-refractivity contribution in [3.8, 4) is 0 Å². The number of anilines is 1. The lowest BCUT2D eigenvalue weighted by Gasteiger charge is -2.32. The molecule has 0 spiro atoms. The third kappa shape index (κ3) is 2.57. The van der Waals surface area contributed by atoms with Gasteiger partial charge in [-0.2, -0.15) is 0 Å². The fourth-order valence-electron chi connectivity index (χ4n) is 2.59. The summed E-state index contributed by atoms with van der Waals surface area (Å²) in [5.74, 6) is 0.856. The van der Waals surface area contributed by atoms with Crippen LogP contribution in [-0.2, 0) is 0 Å². The molecule has 1 aliphatic rings. The minimum absolute atomic E-state index is 0.449. The van der Waals surface area contributed by atoms with Crippen molar-refractivity contribution >= 4 is 5.95 Å². The van der Waals surface area contributed by atoms with E-state index in [1.54, 1.807) is 6.20 Å². The number of aromatic nitrogens is 5. The maximum atomic E-state index is 4.53. The Kier molecular flexibility index (Phi) is 3.15. The van der Waals surface area contributed by atoms with Crippen LogP contribution in [0.3, 0.4) is 0 Å². The third-order valence-electron chi connectivity index (χ3n) is 3.53. The standard InChI is InChI=1S/C13H18N6/c1-10-9-11(2)16-13(15-10)18-6-3-12(4-7-18)19-8-5-14-17-19/h5,8-9,12H,3-4,6-7H2,1-2H3. The Balaban J connectivity index is 1.70. The Hall–Kier alpha value is -1.98. The van der Waals surface area contributed by atoms with E-state index in [2.05, 4.69) is 25.2 Å². The smallest absolute Gasteiger partial charge is 0.225 e. The van der Waals surface area contributed by atoms with Crippen LogP contribution in [-0.4, -0.2) is 38.1 Å². The summed E-state index contributed by atoms with van der Waals surface area (Å²) in [4.78, 5) is 11.3. The van der Waals surface area contributed by atoms with Crippen molar-refractivity contribution in [2.45, 2.75) is 32.7 Å². The van der Waals surface area contributed by atoms with Crippen LogP contribution in [0.25, 0.3) is 0 Å². The number of aryl methyl sites for hydroxylation is 2. The van der Waals surface area contributed by atoms with E-state index < -0.39 is 0 Å². The van der Waals surface area contributed by atoms with Crippen LogP contribution in [0.1, 0.15) is 30.3 Å². The van der Waals surface area contributed by atoms with E-state index in [1.165, 1.54) is 0 Å². The molecule has 0 amide bonds. The number of hydrogen-bond donors (Lipinski definition) is 0. The van der Waals surface area contributed by atoms with Gasteiger partial charge in [0.15, 0.2) is 0 Å². The van der Waals surface area contributed by atoms with Gasteiger partial charge in [-0.25, -0.2) is 14.6 Å². The summed E-state index contributed by atoms with van der Waals surface area (Å²) in [5, 5.41) is 7.96. The zero-order valence-electron chi connectivity index (χ0n) is 11.3. The number of rotatable bonds is 2. The van der Waals surface area contributed by atoms with Crippen LogP contribution in [0.4, 0.5) is 5.95 Å². The van der Waals surface area contributed by atoms with Gasteiger partial charge in [0.05, 0.1) is 12.2 Å². The fraction of sp³-hybridized carbons (Fsp3) is 0.538. The summed E-state index contributed by atoms with van der Waals surface area (Å²) >= 11 is 0. The molecule has 2 aromatic heterocycles. The maximum absolute atomic E-state index is 4.53. The summed E-state index contributed by atoms with van der Waals surface area (Å²) in [6.45, 7) is 5.96. The van der Waals surface area contributed by atoms with Gasteiger partial charge in [-0.3, -0.25) is 0 Å². The summed E-state index contributed by atoms with van der Waals surface area (Å²) < 4.78 is 1.96. The monoisotopic (exact) mass is 258 g/mol. The molecule has 3 heterocycles. The highest BCUT2D eigenvalue weighted by Crippen LogP contribution is 2.23. The predicted molar refractivity (Wildman–Crippen MR) is 72.0 cm³/mol. The zero-order chi connectivity index (χ0) is 13.2. The Morgan fingerprint density at radius 2 is 1.79 bits per heavy atom. The zero-order valence-corrected chi connectivity index (χ0v) is 11.3. The van der Waals surface area contributed by atoms with Crippen LogP contribution in [0.15, 0.2) is 18.5 Å². The number of piperidine rings is 1. The minimum Gasteiger partial charge on any atom is -0.341 e. The lowest BCUT2D eigenvalue weighted by atomic mass is 10.1. The van der Waals surface area contributed by atoms with Crippen molar-refractivity contribution in [2.75, 3.05) is 18.0 Å². The Morgan fingerprint density at radius 1 is 1.11 bits per heavy atom. The van der Waals surface area contributed by atoms with Gasteiger partial charge in [-0.1, -0.05) is 5.21 Å². The summed E-state index contributed by atoms with van der Waals surface area (Å²) in [6.07, 6.45) is 5.78.